The van der Waals surface area contributed by atoms with Crippen LogP contribution in [0.4, 0.5) is 5.69 Å². The zero-order valence-corrected chi connectivity index (χ0v) is 14.2. The average Bonchev–Trinajstić information content (AvgIpc) is 2.63. The van der Waals surface area contributed by atoms with Crippen LogP contribution in [0.3, 0.4) is 0 Å². The topological polar surface area (TPSA) is 64.6 Å². The molecule has 0 radical (unpaired) electrons. The lowest BCUT2D eigenvalue weighted by molar-refractivity contribution is -0.137. The van der Waals surface area contributed by atoms with Crippen molar-refractivity contribution in [2.75, 3.05) is 18.5 Å². The minimum Gasteiger partial charge on any atom is -0.493 e. The molecule has 0 aliphatic carbocycles. The van der Waals surface area contributed by atoms with Gasteiger partial charge in [-0.25, -0.2) is 4.79 Å². The monoisotopic (exact) mass is 339 g/mol. The van der Waals surface area contributed by atoms with Gasteiger partial charge in [0.15, 0.2) is 0 Å². The van der Waals surface area contributed by atoms with Crippen molar-refractivity contribution in [3.63, 3.8) is 0 Å². The molecule has 0 saturated carbocycles. The number of amides is 1. The normalized spacial score (nSPS) is 9.96. The first-order valence-corrected chi connectivity index (χ1v) is 7.98. The number of ether oxygens (including phenoxy) is 2. The van der Waals surface area contributed by atoms with Crippen LogP contribution in [0.2, 0.25) is 0 Å². The predicted molar refractivity (Wildman–Crippen MR) is 96.8 cm³/mol. The number of carbonyl (C=O) groups excluding carboxylic acids is 2. The van der Waals surface area contributed by atoms with Gasteiger partial charge >= 0.3 is 5.97 Å². The molecule has 0 saturated heterocycles. The SMILES string of the molecule is C=CC(=O)OCCCOc1ccc(C(=O)Nc2ccc(C)cc2)cc1. The van der Waals surface area contributed by atoms with Crippen LogP contribution in [-0.4, -0.2) is 25.1 Å². The van der Waals surface area contributed by atoms with Gasteiger partial charge in [-0.2, -0.15) is 0 Å². The molecule has 0 fully saturated rings. The number of hydrogen-bond acceptors (Lipinski definition) is 4. The maximum atomic E-state index is 12.2. The summed E-state index contributed by atoms with van der Waals surface area (Å²) in [5, 5.41) is 2.84. The first-order valence-electron chi connectivity index (χ1n) is 7.98. The van der Waals surface area contributed by atoms with Crippen molar-refractivity contribution in [2.45, 2.75) is 13.3 Å². The second-order valence-electron chi connectivity index (χ2n) is 5.42. The van der Waals surface area contributed by atoms with E-state index in [0.29, 0.717) is 24.3 Å². The molecule has 5 heteroatoms. The molecule has 1 N–H and O–H groups in total. The Balaban J connectivity index is 1.78. The average molecular weight is 339 g/mol. The minimum absolute atomic E-state index is 0.174. The zero-order valence-electron chi connectivity index (χ0n) is 14.2. The quantitative estimate of drug-likeness (QED) is 0.452. The maximum absolute atomic E-state index is 12.2. The largest absolute Gasteiger partial charge is 0.493 e. The van der Waals surface area contributed by atoms with Crippen molar-refractivity contribution in [3.8, 4) is 5.75 Å². The lowest BCUT2D eigenvalue weighted by Crippen LogP contribution is -2.11. The van der Waals surface area contributed by atoms with E-state index >= 15 is 0 Å². The van der Waals surface area contributed by atoms with Gasteiger partial charge in [0.05, 0.1) is 13.2 Å². The standard InChI is InChI=1S/C20H21NO4/c1-3-19(22)25-14-4-13-24-18-11-7-16(8-12-18)20(23)21-17-9-5-15(2)6-10-17/h3,5-12H,1,4,13-14H2,2H3,(H,21,23). The molecule has 1 amide bonds. The molecular weight excluding hydrogens is 318 g/mol. The fraction of sp³-hybridized carbons (Fsp3) is 0.200. The van der Waals surface area contributed by atoms with Crippen molar-refractivity contribution in [3.05, 3.63) is 72.3 Å². The highest BCUT2D eigenvalue weighted by Crippen LogP contribution is 2.15. The highest BCUT2D eigenvalue weighted by Gasteiger charge is 2.06. The number of esters is 1. The van der Waals surface area contributed by atoms with Crippen LogP contribution in [0, 0.1) is 6.92 Å². The second-order valence-corrected chi connectivity index (χ2v) is 5.42. The molecule has 25 heavy (non-hydrogen) atoms. The molecule has 0 aromatic heterocycles. The van der Waals surface area contributed by atoms with E-state index in [-0.39, 0.29) is 12.5 Å². The Bertz CT molecular complexity index is 720. The van der Waals surface area contributed by atoms with Gasteiger partial charge in [0.2, 0.25) is 0 Å². The summed E-state index contributed by atoms with van der Waals surface area (Å²) in [5.74, 6) is 0.0395. The molecule has 0 aliphatic rings. The maximum Gasteiger partial charge on any atom is 0.330 e. The summed E-state index contributed by atoms with van der Waals surface area (Å²) in [6, 6.07) is 14.5. The van der Waals surface area contributed by atoms with Crippen molar-refractivity contribution < 1.29 is 19.1 Å². The first-order chi connectivity index (χ1) is 12.1. The Morgan fingerprint density at radius 2 is 1.72 bits per heavy atom. The van der Waals surface area contributed by atoms with Gasteiger partial charge < -0.3 is 14.8 Å². The van der Waals surface area contributed by atoms with Crippen LogP contribution in [0.1, 0.15) is 22.3 Å². The molecule has 0 spiro atoms. The Morgan fingerprint density at radius 1 is 1.04 bits per heavy atom. The van der Waals surface area contributed by atoms with E-state index in [1.807, 2.05) is 31.2 Å². The fourth-order valence-corrected chi connectivity index (χ4v) is 2.02. The third-order valence-corrected chi connectivity index (χ3v) is 3.39. The Labute approximate surface area is 147 Å². The van der Waals surface area contributed by atoms with E-state index in [9.17, 15) is 9.59 Å². The Kier molecular flexibility index (Phi) is 6.77. The summed E-state index contributed by atoms with van der Waals surface area (Å²) in [6.07, 6.45) is 1.70. The van der Waals surface area contributed by atoms with Crippen LogP contribution >= 0.6 is 0 Å². The van der Waals surface area contributed by atoms with Crippen molar-refractivity contribution in [2.24, 2.45) is 0 Å². The van der Waals surface area contributed by atoms with Crippen molar-refractivity contribution in [1.82, 2.24) is 0 Å². The summed E-state index contributed by atoms with van der Waals surface area (Å²) in [6.45, 7) is 6.01. The van der Waals surface area contributed by atoms with Gasteiger partial charge in [-0.1, -0.05) is 24.3 Å². The number of anilines is 1. The fourth-order valence-electron chi connectivity index (χ4n) is 2.02. The summed E-state index contributed by atoms with van der Waals surface area (Å²) < 4.78 is 10.4. The van der Waals surface area contributed by atoms with Gasteiger partial charge in [-0.15, -0.1) is 0 Å². The third-order valence-electron chi connectivity index (χ3n) is 3.39. The number of hydrogen-bond donors (Lipinski definition) is 1. The van der Waals surface area contributed by atoms with Gasteiger partial charge in [0.1, 0.15) is 5.75 Å². The van der Waals surface area contributed by atoms with Crippen LogP contribution < -0.4 is 10.1 Å². The molecule has 2 rings (SSSR count). The second kappa shape index (κ2) is 9.27. The van der Waals surface area contributed by atoms with E-state index in [4.69, 9.17) is 9.47 Å². The van der Waals surface area contributed by atoms with E-state index in [0.717, 1.165) is 17.3 Å². The van der Waals surface area contributed by atoms with Gasteiger partial charge in [0, 0.05) is 23.7 Å². The number of aryl methyl sites for hydroxylation is 1. The molecule has 2 aromatic rings. The third kappa shape index (κ3) is 6.14. The molecule has 0 bridgehead atoms. The van der Waals surface area contributed by atoms with Crippen LogP contribution in [-0.2, 0) is 9.53 Å². The van der Waals surface area contributed by atoms with E-state index in [1.165, 1.54) is 0 Å². The molecule has 2 aromatic carbocycles. The van der Waals surface area contributed by atoms with Crippen molar-refractivity contribution in [1.29, 1.82) is 0 Å². The highest BCUT2D eigenvalue weighted by atomic mass is 16.5. The smallest absolute Gasteiger partial charge is 0.330 e. The molecule has 0 unspecified atom stereocenters. The minimum atomic E-state index is -0.441. The Morgan fingerprint density at radius 3 is 2.36 bits per heavy atom. The summed E-state index contributed by atoms with van der Waals surface area (Å²) in [5.41, 5.74) is 2.44. The van der Waals surface area contributed by atoms with Crippen LogP contribution in [0.5, 0.6) is 5.75 Å². The lowest BCUT2D eigenvalue weighted by Gasteiger charge is -2.08. The van der Waals surface area contributed by atoms with Gasteiger partial charge in [0.25, 0.3) is 5.91 Å². The van der Waals surface area contributed by atoms with E-state index < -0.39 is 5.97 Å². The molecule has 0 atom stereocenters. The highest BCUT2D eigenvalue weighted by molar-refractivity contribution is 6.04. The van der Waals surface area contributed by atoms with Crippen LogP contribution in [0.25, 0.3) is 0 Å². The van der Waals surface area contributed by atoms with Gasteiger partial charge in [-0.3, -0.25) is 4.79 Å². The predicted octanol–water partition coefficient (Wildman–Crippen LogP) is 3.75. The summed E-state index contributed by atoms with van der Waals surface area (Å²) in [4.78, 5) is 23.1. The lowest BCUT2D eigenvalue weighted by atomic mass is 10.2. The van der Waals surface area contributed by atoms with E-state index in [2.05, 4.69) is 11.9 Å². The molecule has 130 valence electrons. The Hall–Kier alpha value is -3.08. The molecular formula is C20H21NO4. The zero-order chi connectivity index (χ0) is 18.1. The number of rotatable bonds is 8. The molecule has 0 heterocycles. The number of carbonyl (C=O) groups is 2. The van der Waals surface area contributed by atoms with Crippen molar-refractivity contribution >= 4 is 17.6 Å². The summed E-state index contributed by atoms with van der Waals surface area (Å²) in [7, 11) is 0. The number of benzene rings is 2. The number of nitrogens with one attached hydrogen (secondary N) is 1. The van der Waals surface area contributed by atoms with E-state index in [1.54, 1.807) is 24.3 Å². The van der Waals surface area contributed by atoms with Crippen LogP contribution in [0.15, 0.2) is 61.2 Å². The molecule has 0 aliphatic heterocycles. The molecule has 5 nitrogen and oxygen atoms in total. The summed E-state index contributed by atoms with van der Waals surface area (Å²) >= 11 is 0. The van der Waals surface area contributed by atoms with Gasteiger partial charge in [-0.05, 0) is 43.3 Å². The first kappa shape index (κ1) is 18.3.